The zero-order valence-corrected chi connectivity index (χ0v) is 13.4. The summed E-state index contributed by atoms with van der Waals surface area (Å²) in [6, 6.07) is 3.64. The predicted molar refractivity (Wildman–Crippen MR) is 80.7 cm³/mol. The summed E-state index contributed by atoms with van der Waals surface area (Å²) in [5.74, 6) is -2.71. The fourth-order valence-corrected chi connectivity index (χ4v) is 2.98. The maximum Gasteiger partial charge on any atom is 0.313 e. The monoisotopic (exact) mass is 325 g/mol. The average Bonchev–Trinajstić information content (AvgIpc) is 2.50. The van der Waals surface area contributed by atoms with Crippen molar-refractivity contribution in [3.05, 3.63) is 35.4 Å². The zero-order valence-electron chi connectivity index (χ0n) is 13.4. The molecule has 2 rings (SSSR count). The summed E-state index contributed by atoms with van der Waals surface area (Å²) in [5, 5.41) is 0. The lowest BCUT2D eigenvalue weighted by Gasteiger charge is -2.36. The van der Waals surface area contributed by atoms with Gasteiger partial charge in [-0.05, 0) is 51.1 Å². The topological polar surface area (TPSA) is 46.6 Å². The van der Waals surface area contributed by atoms with E-state index in [-0.39, 0.29) is 30.8 Å². The summed E-state index contributed by atoms with van der Waals surface area (Å²) in [4.78, 5) is 25.7. The third-order valence-electron chi connectivity index (χ3n) is 4.28. The van der Waals surface area contributed by atoms with Gasteiger partial charge in [-0.25, -0.2) is 8.78 Å². The van der Waals surface area contributed by atoms with Gasteiger partial charge >= 0.3 is 5.97 Å². The Bertz CT molecular complexity index is 591. The molecule has 2 atom stereocenters. The molecular formula is C17H21F2NO3. The van der Waals surface area contributed by atoms with Crippen molar-refractivity contribution in [1.29, 1.82) is 0 Å². The van der Waals surface area contributed by atoms with E-state index in [2.05, 4.69) is 0 Å². The number of hydrogen-bond donors (Lipinski definition) is 0. The minimum atomic E-state index is -0.893. The van der Waals surface area contributed by atoms with E-state index < -0.39 is 17.6 Å². The number of esters is 1. The van der Waals surface area contributed by atoms with Gasteiger partial charge in [-0.3, -0.25) is 14.5 Å². The Morgan fingerprint density at radius 1 is 1.30 bits per heavy atom. The van der Waals surface area contributed by atoms with Gasteiger partial charge in [0.1, 0.15) is 12.2 Å². The highest BCUT2D eigenvalue weighted by atomic mass is 19.2. The number of carbonyl (C=O) groups excluding carboxylic acids is 2. The highest BCUT2D eigenvalue weighted by Gasteiger charge is 2.32. The predicted octanol–water partition coefficient (Wildman–Crippen LogP) is 2.87. The normalized spacial score (nSPS) is 21.9. The van der Waals surface area contributed by atoms with Gasteiger partial charge in [0.25, 0.3) is 0 Å². The fourth-order valence-electron chi connectivity index (χ4n) is 2.98. The molecule has 1 saturated heterocycles. The Morgan fingerprint density at radius 3 is 2.70 bits per heavy atom. The van der Waals surface area contributed by atoms with Crippen LogP contribution < -0.4 is 0 Å². The summed E-state index contributed by atoms with van der Waals surface area (Å²) in [5.41, 5.74) is 0.639. The SMILES string of the molecule is CCOC(=O)CC(=O)[C@@H]1CCN(C)[C@H](c2ccc(F)c(F)c2)C1. The van der Waals surface area contributed by atoms with Crippen molar-refractivity contribution in [2.24, 2.45) is 5.92 Å². The summed E-state index contributed by atoms with van der Waals surface area (Å²) < 4.78 is 31.3. The number of ketones is 1. The molecule has 1 aliphatic heterocycles. The highest BCUT2D eigenvalue weighted by Crippen LogP contribution is 2.34. The van der Waals surface area contributed by atoms with E-state index >= 15 is 0 Å². The van der Waals surface area contributed by atoms with E-state index in [9.17, 15) is 18.4 Å². The molecule has 0 amide bonds. The van der Waals surface area contributed by atoms with Crippen LogP contribution >= 0.6 is 0 Å². The molecule has 1 aromatic rings. The first kappa shape index (κ1) is 17.5. The minimum absolute atomic E-state index is 0.149. The lowest BCUT2D eigenvalue weighted by molar-refractivity contribution is -0.146. The van der Waals surface area contributed by atoms with Gasteiger partial charge in [0, 0.05) is 12.0 Å². The van der Waals surface area contributed by atoms with Crippen molar-refractivity contribution in [2.45, 2.75) is 32.2 Å². The molecule has 23 heavy (non-hydrogen) atoms. The summed E-state index contributed by atoms with van der Waals surface area (Å²) in [6.45, 7) is 2.59. The number of halogens is 2. The molecule has 1 aromatic carbocycles. The van der Waals surface area contributed by atoms with Crippen molar-refractivity contribution < 1.29 is 23.1 Å². The second kappa shape index (κ2) is 7.64. The first-order valence-electron chi connectivity index (χ1n) is 7.75. The molecule has 0 spiro atoms. The van der Waals surface area contributed by atoms with Gasteiger partial charge in [-0.15, -0.1) is 0 Å². The van der Waals surface area contributed by atoms with Gasteiger partial charge in [-0.1, -0.05) is 6.07 Å². The number of Topliss-reactive ketones (excluding diaryl/α,β-unsaturated/α-hetero) is 1. The van der Waals surface area contributed by atoms with Crippen LogP contribution in [0, 0.1) is 17.6 Å². The van der Waals surface area contributed by atoms with E-state index in [1.54, 1.807) is 6.92 Å². The van der Waals surface area contributed by atoms with Crippen LogP contribution in [-0.2, 0) is 14.3 Å². The average molecular weight is 325 g/mol. The Morgan fingerprint density at radius 2 is 2.04 bits per heavy atom. The molecule has 0 N–H and O–H groups in total. The van der Waals surface area contributed by atoms with Crippen LogP contribution in [-0.4, -0.2) is 36.9 Å². The number of nitrogens with zero attached hydrogens (tertiary/aromatic N) is 1. The molecule has 4 nitrogen and oxygen atoms in total. The van der Waals surface area contributed by atoms with Crippen LogP contribution in [0.25, 0.3) is 0 Å². The van der Waals surface area contributed by atoms with Crippen molar-refractivity contribution in [1.82, 2.24) is 4.90 Å². The number of likely N-dealkylation sites (tertiary alicyclic amines) is 1. The van der Waals surface area contributed by atoms with Crippen LogP contribution in [0.4, 0.5) is 8.78 Å². The van der Waals surface area contributed by atoms with E-state index in [4.69, 9.17) is 4.74 Å². The van der Waals surface area contributed by atoms with Crippen molar-refractivity contribution >= 4 is 11.8 Å². The first-order valence-corrected chi connectivity index (χ1v) is 7.75. The van der Waals surface area contributed by atoms with E-state index in [1.807, 2.05) is 11.9 Å². The number of rotatable bonds is 5. The van der Waals surface area contributed by atoms with E-state index in [0.717, 1.165) is 6.07 Å². The molecule has 6 heteroatoms. The van der Waals surface area contributed by atoms with Crippen molar-refractivity contribution in [3.8, 4) is 0 Å². The van der Waals surface area contributed by atoms with Gasteiger partial charge < -0.3 is 4.74 Å². The third kappa shape index (κ3) is 4.34. The molecule has 1 aliphatic rings. The lowest BCUT2D eigenvalue weighted by atomic mass is 9.84. The van der Waals surface area contributed by atoms with Gasteiger partial charge in [0.15, 0.2) is 11.6 Å². The lowest BCUT2D eigenvalue weighted by Crippen LogP contribution is -2.37. The number of carbonyl (C=O) groups is 2. The Labute approximate surface area is 134 Å². The van der Waals surface area contributed by atoms with Crippen molar-refractivity contribution in [2.75, 3.05) is 20.2 Å². The summed E-state index contributed by atoms with van der Waals surface area (Å²) in [6.07, 6.45) is 0.904. The fraction of sp³-hybridized carbons (Fsp3) is 0.529. The van der Waals surface area contributed by atoms with Crippen LogP contribution in [0.1, 0.15) is 37.8 Å². The number of piperidine rings is 1. The largest absolute Gasteiger partial charge is 0.466 e. The Kier molecular flexibility index (Phi) is 5.82. The van der Waals surface area contributed by atoms with Crippen LogP contribution in [0.3, 0.4) is 0 Å². The molecule has 1 heterocycles. The molecule has 0 radical (unpaired) electrons. The molecule has 0 aromatic heterocycles. The van der Waals surface area contributed by atoms with Gasteiger partial charge in [0.05, 0.1) is 6.61 Å². The van der Waals surface area contributed by atoms with Gasteiger partial charge in [-0.2, -0.15) is 0 Å². The van der Waals surface area contributed by atoms with E-state index in [1.165, 1.54) is 12.1 Å². The van der Waals surface area contributed by atoms with Crippen LogP contribution in [0.15, 0.2) is 18.2 Å². The highest BCUT2D eigenvalue weighted by molar-refractivity contribution is 5.96. The summed E-state index contributed by atoms with van der Waals surface area (Å²) >= 11 is 0. The molecule has 0 bridgehead atoms. The quantitative estimate of drug-likeness (QED) is 0.617. The number of ether oxygens (including phenoxy) is 1. The van der Waals surface area contributed by atoms with E-state index in [0.29, 0.717) is 24.9 Å². The maximum atomic E-state index is 13.5. The maximum absolute atomic E-state index is 13.5. The van der Waals surface area contributed by atoms with Crippen LogP contribution in [0.2, 0.25) is 0 Å². The molecule has 0 unspecified atom stereocenters. The first-order chi connectivity index (χ1) is 10.9. The molecular weight excluding hydrogens is 304 g/mol. The molecule has 0 aliphatic carbocycles. The van der Waals surface area contributed by atoms with Crippen LogP contribution in [0.5, 0.6) is 0 Å². The van der Waals surface area contributed by atoms with Crippen molar-refractivity contribution in [3.63, 3.8) is 0 Å². The summed E-state index contributed by atoms with van der Waals surface area (Å²) in [7, 11) is 1.89. The Balaban J connectivity index is 2.08. The van der Waals surface area contributed by atoms with Gasteiger partial charge in [0.2, 0.25) is 0 Å². The molecule has 0 saturated carbocycles. The minimum Gasteiger partial charge on any atom is -0.466 e. The Hall–Kier alpha value is -1.82. The standard InChI is InChI=1S/C17H21F2NO3/c1-3-23-17(22)10-16(21)12-6-7-20(2)15(9-12)11-4-5-13(18)14(19)8-11/h4-5,8,12,15H,3,6-7,9-10H2,1-2H3/t12-,15+/m1/s1. The zero-order chi connectivity index (χ0) is 17.0. The second-order valence-electron chi connectivity index (χ2n) is 5.84. The second-order valence-corrected chi connectivity index (χ2v) is 5.84. The molecule has 1 fully saturated rings. The third-order valence-corrected chi connectivity index (χ3v) is 4.28. The number of hydrogen-bond acceptors (Lipinski definition) is 4. The number of benzene rings is 1. The smallest absolute Gasteiger partial charge is 0.313 e. The molecule has 126 valence electrons.